The van der Waals surface area contributed by atoms with Gasteiger partial charge in [-0.15, -0.1) is 0 Å². The summed E-state index contributed by atoms with van der Waals surface area (Å²) in [6.45, 7) is 2.24. The number of ether oxygens (including phenoxy) is 2. The summed E-state index contributed by atoms with van der Waals surface area (Å²) in [6.07, 6.45) is 7.84. The van der Waals surface area contributed by atoms with Crippen LogP contribution in [0.3, 0.4) is 0 Å². The van der Waals surface area contributed by atoms with Crippen molar-refractivity contribution < 1.29 is 33.0 Å². The van der Waals surface area contributed by atoms with Gasteiger partial charge in [0.05, 0.1) is 25.4 Å². The maximum absolute atomic E-state index is 15.1. The molecule has 2 aromatic heterocycles. The van der Waals surface area contributed by atoms with E-state index in [2.05, 4.69) is 134 Å². The van der Waals surface area contributed by atoms with Gasteiger partial charge in [0.1, 0.15) is 24.7 Å². The zero-order valence-corrected chi connectivity index (χ0v) is 45.6. The predicted molar refractivity (Wildman–Crippen MR) is 309 cm³/mol. The van der Waals surface area contributed by atoms with Crippen LogP contribution < -0.4 is 26.5 Å². The van der Waals surface area contributed by atoms with E-state index in [1.165, 1.54) is 49.3 Å². The Labute approximate surface area is 458 Å². The van der Waals surface area contributed by atoms with Gasteiger partial charge in [0.15, 0.2) is 5.67 Å². The Hall–Kier alpha value is -6.99. The number of benzene rings is 5. The van der Waals surface area contributed by atoms with Gasteiger partial charge in [-0.2, -0.15) is 0 Å². The molecule has 0 bridgehead atoms. The van der Waals surface area contributed by atoms with Crippen LogP contribution in [0, 0.1) is 0 Å². The van der Waals surface area contributed by atoms with Gasteiger partial charge in [0.25, 0.3) is 0 Å². The molecule has 4 aliphatic rings. The van der Waals surface area contributed by atoms with E-state index in [9.17, 15) is 14.0 Å². The summed E-state index contributed by atoms with van der Waals surface area (Å²) in [5, 5.41) is 16.6. The number of anilines is 2. The van der Waals surface area contributed by atoms with Gasteiger partial charge in [-0.3, -0.25) is 0 Å². The molecule has 77 heavy (non-hydrogen) atoms. The largest absolute Gasteiger partial charge is 0.445 e. The van der Waals surface area contributed by atoms with Crippen molar-refractivity contribution in [3.8, 4) is 0 Å². The fraction of sp³-hybridized carbons (Fsp3) is 0.290. The van der Waals surface area contributed by atoms with Crippen molar-refractivity contribution in [1.29, 1.82) is 0 Å². The van der Waals surface area contributed by atoms with E-state index in [0.29, 0.717) is 6.54 Å². The molecule has 0 spiro atoms. The van der Waals surface area contributed by atoms with E-state index in [-0.39, 0.29) is 45.7 Å². The molecule has 3 N–H and O–H groups in total. The number of aliphatic hydroxyl groups excluding tert-OH is 1. The number of fused-ring (bicyclic) bond motifs is 2. The van der Waals surface area contributed by atoms with Gasteiger partial charge in [0.2, 0.25) is 0 Å². The van der Waals surface area contributed by atoms with Crippen LogP contribution in [0.15, 0.2) is 182 Å². The third-order valence-electron chi connectivity index (χ3n) is 14.5. The standard InChI is InChI=1S/C27H26BrN2P.C22H24FN3O2.C13H16FNO3/c28-31(24-12-4-1-5-13-24,25-14-6-2-7-15-25,26-16-8-3-9-17-26)21-23-19-18-22-11-10-20-29-27(22)30-23;23-22(11-10-19-9-8-18-7-4-13-24-20(18)25-19)12-14-26(16-22)21(27)28-15-17-5-2-1-3-6-17;14-13(10-16)6-7-15(9-13)12(17)18-8-11-4-2-1-3-5-11/h1-9,12-19H,10-11,20-21H2,(H,29,30);1-3,5-6,8-11H,4,7,12-16H2,(H,24,25);1-5,16H,6-10H2/b;11-10+;/t;22-;13-/m.11/s1. The first-order valence-electron chi connectivity index (χ1n) is 26.4. The van der Waals surface area contributed by atoms with E-state index in [1.54, 1.807) is 6.08 Å². The number of carbonyl (C=O) groups excluding carboxylic acids is 2. The van der Waals surface area contributed by atoms with Crippen molar-refractivity contribution in [3.05, 3.63) is 216 Å². The first kappa shape index (κ1) is 54.8. The molecule has 2 saturated heterocycles. The van der Waals surface area contributed by atoms with Gasteiger partial charge < -0.3 is 29.7 Å². The van der Waals surface area contributed by atoms with Crippen molar-refractivity contribution in [2.45, 2.75) is 69.2 Å². The van der Waals surface area contributed by atoms with E-state index in [4.69, 9.17) is 19.6 Å². The Morgan fingerprint density at radius 3 is 1.56 bits per heavy atom. The molecule has 7 aromatic rings. The zero-order valence-electron chi connectivity index (χ0n) is 43.2. The molecule has 2 atom stereocenters. The van der Waals surface area contributed by atoms with Crippen molar-refractivity contribution in [2.24, 2.45) is 0 Å². The number of hydrogen-bond acceptors (Lipinski definition) is 9. The molecule has 4 aliphatic heterocycles. The number of rotatable bonds is 12. The molecule has 11 rings (SSSR count). The van der Waals surface area contributed by atoms with Gasteiger partial charge in [-0.25, -0.2) is 23.4 Å². The minimum Gasteiger partial charge on any atom is -0.445 e. The minimum absolute atomic E-state index is 0.000311. The monoisotopic (exact) mass is 1120 g/mol. The van der Waals surface area contributed by atoms with Crippen LogP contribution in [0.2, 0.25) is 0 Å². The number of halogens is 3. The Morgan fingerprint density at radius 1 is 0.610 bits per heavy atom. The summed E-state index contributed by atoms with van der Waals surface area (Å²) in [5.41, 5.74) is 2.92. The quantitative estimate of drug-likeness (QED) is 0.102. The number of likely N-dealkylation sites (tertiary alicyclic amines) is 2. The van der Waals surface area contributed by atoms with Gasteiger partial charge in [-0.1, -0.05) is 66.7 Å². The van der Waals surface area contributed by atoms with Gasteiger partial charge in [-0.05, 0) is 47.8 Å². The topological polar surface area (TPSA) is 129 Å². The number of aliphatic hydroxyl groups is 1. The second-order valence-corrected chi connectivity index (χ2v) is 29.0. The van der Waals surface area contributed by atoms with Crippen LogP contribution >= 0.6 is 20.8 Å². The number of aryl methyl sites for hydroxylation is 2. The molecule has 6 heterocycles. The number of alkyl halides is 2. The maximum Gasteiger partial charge on any atom is 0.410 e. The molecule has 5 aromatic carbocycles. The molecule has 0 aliphatic carbocycles. The summed E-state index contributed by atoms with van der Waals surface area (Å²) < 4.78 is 39.2. The average molecular weight is 1120 g/mol. The molecule has 0 radical (unpaired) electrons. The molecule has 400 valence electrons. The molecule has 15 heteroatoms. The second kappa shape index (κ2) is 25.0. The van der Waals surface area contributed by atoms with E-state index in [0.717, 1.165) is 72.7 Å². The van der Waals surface area contributed by atoms with E-state index >= 15 is 4.39 Å². The van der Waals surface area contributed by atoms with Crippen LogP contribution in [0.1, 0.15) is 59.3 Å². The second-order valence-electron chi connectivity index (χ2n) is 20.1. The molecular weight excluding hydrogens is 1060 g/mol. The van der Waals surface area contributed by atoms with Crippen LogP contribution in [-0.4, -0.2) is 94.3 Å². The molecular formula is C62H66BrF2N6O5P. The zero-order chi connectivity index (χ0) is 53.6. The molecule has 0 unspecified atom stereocenters. The van der Waals surface area contributed by atoms with E-state index < -0.39 is 35.4 Å². The number of carbonyl (C=O) groups is 2. The summed E-state index contributed by atoms with van der Waals surface area (Å²) in [5.74, 6) is 1.94. The summed E-state index contributed by atoms with van der Waals surface area (Å²) in [6, 6.07) is 59.9. The number of nitrogens with one attached hydrogen (secondary N) is 2. The van der Waals surface area contributed by atoms with Gasteiger partial charge in [0, 0.05) is 32.5 Å². The number of aromatic nitrogens is 2. The summed E-state index contributed by atoms with van der Waals surface area (Å²) >= 11 is 4.52. The Kier molecular flexibility index (Phi) is 17.8. The third-order valence-corrected chi connectivity index (χ3v) is 24.0. The normalized spacial score (nSPS) is 19.1. The van der Waals surface area contributed by atoms with Crippen molar-refractivity contribution >= 4 is 66.6 Å². The first-order valence-corrected chi connectivity index (χ1v) is 30.8. The van der Waals surface area contributed by atoms with E-state index in [1.807, 2.05) is 72.8 Å². The Balaban J connectivity index is 0.000000146. The third kappa shape index (κ3) is 13.4. The average Bonchev–Trinajstić information content (AvgIpc) is 4.17. The smallest absolute Gasteiger partial charge is 0.410 e. The molecule has 2 fully saturated rings. The van der Waals surface area contributed by atoms with Crippen molar-refractivity contribution in [2.75, 3.05) is 56.5 Å². The van der Waals surface area contributed by atoms with Gasteiger partial charge >= 0.3 is 205 Å². The van der Waals surface area contributed by atoms with Crippen LogP contribution in [0.4, 0.5) is 30.0 Å². The minimum atomic E-state index is -3.01. The number of hydrogen-bond donors (Lipinski definition) is 3. The van der Waals surface area contributed by atoms with Crippen molar-refractivity contribution in [3.63, 3.8) is 0 Å². The molecule has 0 saturated carbocycles. The number of amides is 2. The fourth-order valence-electron chi connectivity index (χ4n) is 10.2. The summed E-state index contributed by atoms with van der Waals surface area (Å²) in [4.78, 5) is 36.3. The fourth-order valence-corrected chi connectivity index (χ4v) is 17.7. The number of pyridine rings is 2. The maximum atomic E-state index is 15.1. The SMILES string of the molecule is BrP(Cc1ccc2c(n1)NCCC2)(c1ccccc1)(c1ccccc1)c1ccccc1.O=C(OCc1ccccc1)N1CC[C@](F)(/C=C/c2ccc3c(n2)NCCC3)C1.O=C(OCc1ccccc1)N1CC[C@](F)(CO)C1. The van der Waals surface area contributed by atoms with Crippen LogP contribution in [-0.2, 0) is 41.7 Å². The van der Waals surface area contributed by atoms with Crippen LogP contribution in [0.5, 0.6) is 0 Å². The number of nitrogens with zero attached hydrogens (tertiary/aromatic N) is 4. The molecule has 11 nitrogen and oxygen atoms in total. The molecule has 2 amide bonds. The Morgan fingerprint density at radius 2 is 1.06 bits per heavy atom. The summed E-state index contributed by atoms with van der Waals surface area (Å²) in [7, 11) is 0. The predicted octanol–water partition coefficient (Wildman–Crippen LogP) is 11.7. The Bertz CT molecular complexity index is 3000. The van der Waals surface area contributed by atoms with Crippen LogP contribution in [0.25, 0.3) is 6.08 Å². The van der Waals surface area contributed by atoms with Crippen molar-refractivity contribution in [1.82, 2.24) is 19.8 Å². The first-order chi connectivity index (χ1) is 37.4.